The fraction of sp³-hybridized carbons (Fsp3) is 0.333. The summed E-state index contributed by atoms with van der Waals surface area (Å²) in [5, 5.41) is 8.60. The van der Waals surface area contributed by atoms with Crippen molar-refractivity contribution in [2.75, 3.05) is 20.3 Å². The van der Waals surface area contributed by atoms with Crippen LogP contribution >= 0.6 is 11.3 Å². The highest BCUT2D eigenvalue weighted by Crippen LogP contribution is 2.28. The van der Waals surface area contributed by atoms with Crippen LogP contribution < -0.4 is 4.74 Å². The minimum Gasteiger partial charge on any atom is -0.482 e. The number of aliphatic carboxylic acids is 1. The standard InChI is InChI=1S/C18H19NO5S/c1-19(9-12-2-4-14(5-3-12)24-11-17(20)21)18(22)16-8-13-10-23-7-6-15(13)25-16/h2-5,8H,6-7,9-11H2,1H3,(H,20,21). The number of hydrogen-bond donors (Lipinski definition) is 1. The van der Waals surface area contributed by atoms with Gasteiger partial charge in [-0.15, -0.1) is 11.3 Å². The minimum absolute atomic E-state index is 0.00870. The van der Waals surface area contributed by atoms with E-state index in [9.17, 15) is 9.59 Å². The van der Waals surface area contributed by atoms with Gasteiger partial charge in [0.15, 0.2) is 6.61 Å². The highest BCUT2D eigenvalue weighted by Gasteiger charge is 2.20. The van der Waals surface area contributed by atoms with Gasteiger partial charge < -0.3 is 19.5 Å². The Kier molecular flexibility index (Phi) is 5.35. The van der Waals surface area contributed by atoms with Crippen LogP contribution in [0.3, 0.4) is 0 Å². The molecule has 2 aromatic rings. The van der Waals surface area contributed by atoms with Crippen LogP contribution in [0, 0.1) is 0 Å². The second kappa shape index (κ2) is 7.67. The zero-order chi connectivity index (χ0) is 17.8. The first kappa shape index (κ1) is 17.4. The van der Waals surface area contributed by atoms with Crippen molar-refractivity contribution in [1.82, 2.24) is 4.90 Å². The summed E-state index contributed by atoms with van der Waals surface area (Å²) in [5.41, 5.74) is 2.07. The monoisotopic (exact) mass is 361 g/mol. The van der Waals surface area contributed by atoms with Crippen molar-refractivity contribution in [3.05, 3.63) is 51.2 Å². The van der Waals surface area contributed by atoms with Crippen LogP contribution in [0.5, 0.6) is 5.75 Å². The number of carbonyl (C=O) groups is 2. The van der Waals surface area contributed by atoms with E-state index in [0.717, 1.165) is 22.4 Å². The molecule has 0 saturated heterocycles. The molecule has 0 aliphatic carbocycles. The van der Waals surface area contributed by atoms with E-state index in [1.54, 1.807) is 35.4 Å². The quantitative estimate of drug-likeness (QED) is 0.856. The predicted octanol–water partition coefficient (Wildman–Crippen LogP) is 2.56. The lowest BCUT2D eigenvalue weighted by atomic mass is 10.2. The van der Waals surface area contributed by atoms with Crippen molar-refractivity contribution in [3.8, 4) is 5.75 Å². The van der Waals surface area contributed by atoms with E-state index < -0.39 is 5.97 Å². The van der Waals surface area contributed by atoms with Crippen molar-refractivity contribution in [2.24, 2.45) is 0 Å². The van der Waals surface area contributed by atoms with Crippen LogP contribution in [0.4, 0.5) is 0 Å². The van der Waals surface area contributed by atoms with Gasteiger partial charge in [-0.2, -0.15) is 0 Å². The molecule has 1 aliphatic heterocycles. The summed E-state index contributed by atoms with van der Waals surface area (Å²) in [6.07, 6.45) is 0.870. The second-order valence-corrected chi connectivity index (χ2v) is 6.99. The van der Waals surface area contributed by atoms with Gasteiger partial charge >= 0.3 is 5.97 Å². The molecule has 0 unspecified atom stereocenters. The van der Waals surface area contributed by atoms with E-state index in [1.165, 1.54) is 4.88 Å². The molecule has 1 amide bonds. The average molecular weight is 361 g/mol. The number of rotatable bonds is 6. The first-order valence-electron chi connectivity index (χ1n) is 7.91. The lowest BCUT2D eigenvalue weighted by Crippen LogP contribution is -2.25. The van der Waals surface area contributed by atoms with Gasteiger partial charge in [0, 0.05) is 24.9 Å². The Labute approximate surface area is 149 Å². The van der Waals surface area contributed by atoms with Crippen molar-refractivity contribution in [3.63, 3.8) is 0 Å². The zero-order valence-electron chi connectivity index (χ0n) is 13.9. The lowest BCUT2D eigenvalue weighted by Gasteiger charge is -2.16. The highest BCUT2D eigenvalue weighted by molar-refractivity contribution is 7.14. The van der Waals surface area contributed by atoms with Gasteiger partial charge in [-0.3, -0.25) is 4.79 Å². The Morgan fingerprint density at radius 1 is 1.32 bits per heavy atom. The third kappa shape index (κ3) is 4.37. The molecule has 132 valence electrons. The molecule has 0 bridgehead atoms. The van der Waals surface area contributed by atoms with Crippen LogP contribution in [0.15, 0.2) is 30.3 Å². The largest absolute Gasteiger partial charge is 0.482 e. The van der Waals surface area contributed by atoms with Crippen LogP contribution in [-0.4, -0.2) is 42.1 Å². The Balaban J connectivity index is 1.61. The van der Waals surface area contributed by atoms with Crippen LogP contribution in [0.2, 0.25) is 0 Å². The molecule has 6 nitrogen and oxygen atoms in total. The summed E-state index contributed by atoms with van der Waals surface area (Å²) in [7, 11) is 1.77. The Morgan fingerprint density at radius 2 is 2.08 bits per heavy atom. The maximum Gasteiger partial charge on any atom is 0.341 e. The number of carboxylic acids is 1. The third-order valence-electron chi connectivity index (χ3n) is 3.89. The summed E-state index contributed by atoms with van der Waals surface area (Å²) in [6.45, 7) is 1.40. The molecule has 0 radical (unpaired) electrons. The van der Waals surface area contributed by atoms with E-state index in [1.807, 2.05) is 18.2 Å². The van der Waals surface area contributed by atoms with Gasteiger partial charge in [0.05, 0.1) is 18.1 Å². The number of thiophene rings is 1. The van der Waals surface area contributed by atoms with Crippen molar-refractivity contribution in [2.45, 2.75) is 19.6 Å². The number of ether oxygens (including phenoxy) is 2. The molecule has 1 N–H and O–H groups in total. The Hall–Kier alpha value is -2.38. The van der Waals surface area contributed by atoms with Gasteiger partial charge in [-0.1, -0.05) is 12.1 Å². The fourth-order valence-electron chi connectivity index (χ4n) is 2.62. The van der Waals surface area contributed by atoms with Crippen molar-refractivity contribution >= 4 is 23.2 Å². The number of amides is 1. The number of carbonyl (C=O) groups excluding carboxylic acids is 1. The second-order valence-electron chi connectivity index (χ2n) is 5.85. The SMILES string of the molecule is CN(Cc1ccc(OCC(=O)O)cc1)C(=O)c1cc2c(s1)CCOC2. The maximum absolute atomic E-state index is 12.6. The summed E-state index contributed by atoms with van der Waals surface area (Å²) >= 11 is 1.55. The summed E-state index contributed by atoms with van der Waals surface area (Å²) in [4.78, 5) is 26.8. The maximum atomic E-state index is 12.6. The molecule has 1 aromatic heterocycles. The highest BCUT2D eigenvalue weighted by atomic mass is 32.1. The molecule has 0 saturated carbocycles. The number of hydrogen-bond acceptors (Lipinski definition) is 5. The van der Waals surface area contributed by atoms with E-state index in [-0.39, 0.29) is 12.5 Å². The van der Waals surface area contributed by atoms with Crippen molar-refractivity contribution in [1.29, 1.82) is 0 Å². The van der Waals surface area contributed by atoms with E-state index in [2.05, 4.69) is 0 Å². The summed E-state index contributed by atoms with van der Waals surface area (Å²) in [6, 6.07) is 9.00. The molecule has 25 heavy (non-hydrogen) atoms. The topological polar surface area (TPSA) is 76.1 Å². The lowest BCUT2D eigenvalue weighted by molar-refractivity contribution is -0.139. The van der Waals surface area contributed by atoms with E-state index >= 15 is 0 Å². The van der Waals surface area contributed by atoms with Gasteiger partial charge in [0.25, 0.3) is 5.91 Å². The van der Waals surface area contributed by atoms with Gasteiger partial charge in [-0.25, -0.2) is 4.79 Å². The Morgan fingerprint density at radius 3 is 2.76 bits per heavy atom. The first-order valence-corrected chi connectivity index (χ1v) is 8.73. The molecule has 0 atom stereocenters. The summed E-state index contributed by atoms with van der Waals surface area (Å²) < 4.78 is 10.5. The van der Waals surface area contributed by atoms with Gasteiger partial charge in [0.2, 0.25) is 0 Å². The normalized spacial score (nSPS) is 13.2. The van der Waals surface area contributed by atoms with Gasteiger partial charge in [-0.05, 0) is 29.3 Å². The molecule has 1 aliphatic rings. The smallest absolute Gasteiger partial charge is 0.341 e. The molecule has 2 heterocycles. The first-order chi connectivity index (χ1) is 12.0. The molecule has 7 heteroatoms. The fourth-order valence-corrected chi connectivity index (χ4v) is 3.77. The molecular formula is C18H19NO5S. The molecule has 0 fully saturated rings. The zero-order valence-corrected chi connectivity index (χ0v) is 14.7. The van der Waals surface area contributed by atoms with E-state index in [4.69, 9.17) is 14.6 Å². The number of nitrogens with zero attached hydrogens (tertiary/aromatic N) is 1. The number of benzene rings is 1. The van der Waals surface area contributed by atoms with Gasteiger partial charge in [0.1, 0.15) is 5.75 Å². The molecular weight excluding hydrogens is 342 g/mol. The molecule has 3 rings (SSSR count). The number of fused-ring (bicyclic) bond motifs is 1. The average Bonchev–Trinajstić information content (AvgIpc) is 3.04. The van der Waals surface area contributed by atoms with Crippen LogP contribution in [0.1, 0.15) is 25.7 Å². The minimum atomic E-state index is -1.02. The molecule has 1 aromatic carbocycles. The number of carboxylic acid groups (broad SMARTS) is 1. The van der Waals surface area contributed by atoms with Crippen LogP contribution in [0.25, 0.3) is 0 Å². The third-order valence-corrected chi connectivity index (χ3v) is 5.12. The van der Waals surface area contributed by atoms with E-state index in [0.29, 0.717) is 25.5 Å². The summed E-state index contributed by atoms with van der Waals surface area (Å²) in [5.74, 6) is -0.532. The Bertz CT molecular complexity index is 745. The predicted molar refractivity (Wildman–Crippen MR) is 93.0 cm³/mol. The van der Waals surface area contributed by atoms with Crippen LogP contribution in [-0.2, 0) is 29.1 Å². The van der Waals surface area contributed by atoms with Crippen molar-refractivity contribution < 1.29 is 24.2 Å². The molecule has 0 spiro atoms.